The monoisotopic (exact) mass is 268 g/mol. The van der Waals surface area contributed by atoms with E-state index in [2.05, 4.69) is 0 Å². The van der Waals surface area contributed by atoms with E-state index in [1.165, 1.54) is 12.2 Å². The molecule has 1 heterocycles. The van der Waals surface area contributed by atoms with Gasteiger partial charge >= 0.3 is 0 Å². The molecule has 3 nitrogen and oxygen atoms in total. The van der Waals surface area contributed by atoms with Crippen LogP contribution in [0.3, 0.4) is 0 Å². The molecule has 1 fully saturated rings. The first kappa shape index (κ1) is 13.6. The smallest absolute Gasteiger partial charge is 0.119 e. The highest BCUT2D eigenvalue weighted by molar-refractivity contribution is 7.99. The van der Waals surface area contributed by atoms with Gasteiger partial charge in [-0.25, -0.2) is 0 Å². The van der Waals surface area contributed by atoms with E-state index in [0.717, 1.165) is 17.3 Å². The van der Waals surface area contributed by atoms with Gasteiger partial charge in [0.1, 0.15) is 11.5 Å². The maximum Gasteiger partial charge on any atom is 0.119 e. The lowest BCUT2D eigenvalue weighted by Gasteiger charge is -2.20. The number of aliphatic hydroxyl groups excluding tert-OH is 1. The topological polar surface area (TPSA) is 38.7 Å². The highest BCUT2D eigenvalue weighted by Gasteiger charge is 2.25. The summed E-state index contributed by atoms with van der Waals surface area (Å²) in [7, 11) is 1.65. The standard InChI is InChI=1S/C14H20O3S/c1-16-13-2-4-14(5-3-13)17-9-12(8-15)11-6-7-18-10-11/h2-5,11-12,15H,6-10H2,1H3. The highest BCUT2D eigenvalue weighted by Crippen LogP contribution is 2.30. The summed E-state index contributed by atoms with van der Waals surface area (Å²) in [5.41, 5.74) is 0. The van der Waals surface area contributed by atoms with Crippen LogP contribution in [0.25, 0.3) is 0 Å². The Kier molecular flexibility index (Phi) is 5.20. The Morgan fingerprint density at radius 1 is 1.33 bits per heavy atom. The molecule has 0 saturated carbocycles. The summed E-state index contributed by atoms with van der Waals surface area (Å²) in [5.74, 6) is 4.87. The van der Waals surface area contributed by atoms with Gasteiger partial charge in [0.2, 0.25) is 0 Å². The second kappa shape index (κ2) is 6.90. The summed E-state index contributed by atoms with van der Waals surface area (Å²) < 4.78 is 10.8. The molecule has 0 radical (unpaired) electrons. The van der Waals surface area contributed by atoms with Crippen LogP contribution in [-0.4, -0.2) is 36.9 Å². The number of hydrogen-bond acceptors (Lipinski definition) is 4. The molecular formula is C14H20O3S. The predicted octanol–water partition coefficient (Wildman–Crippen LogP) is 2.44. The van der Waals surface area contributed by atoms with E-state index in [0.29, 0.717) is 12.5 Å². The third-order valence-electron chi connectivity index (χ3n) is 3.39. The maximum absolute atomic E-state index is 9.44. The van der Waals surface area contributed by atoms with Crippen LogP contribution in [0.2, 0.25) is 0 Å². The third-order valence-corrected chi connectivity index (χ3v) is 4.58. The Morgan fingerprint density at radius 3 is 2.61 bits per heavy atom. The largest absolute Gasteiger partial charge is 0.497 e. The minimum atomic E-state index is 0.210. The summed E-state index contributed by atoms with van der Waals surface area (Å²) in [5, 5.41) is 9.44. The first-order valence-corrected chi connectivity index (χ1v) is 7.44. The summed E-state index contributed by atoms with van der Waals surface area (Å²) in [4.78, 5) is 0. The van der Waals surface area contributed by atoms with E-state index in [4.69, 9.17) is 9.47 Å². The molecule has 0 aromatic heterocycles. The zero-order valence-corrected chi connectivity index (χ0v) is 11.5. The van der Waals surface area contributed by atoms with Crippen molar-refractivity contribution in [1.82, 2.24) is 0 Å². The van der Waals surface area contributed by atoms with Crippen molar-refractivity contribution in [1.29, 1.82) is 0 Å². The fourth-order valence-electron chi connectivity index (χ4n) is 2.14. The Bertz CT molecular complexity index is 347. The molecule has 1 aromatic carbocycles. The van der Waals surface area contributed by atoms with Gasteiger partial charge in [-0.2, -0.15) is 11.8 Å². The molecule has 1 saturated heterocycles. The van der Waals surface area contributed by atoms with Crippen LogP contribution in [0, 0.1) is 11.8 Å². The summed E-state index contributed by atoms with van der Waals surface area (Å²) >= 11 is 1.97. The third kappa shape index (κ3) is 3.56. The fraction of sp³-hybridized carbons (Fsp3) is 0.571. The molecule has 0 spiro atoms. The molecule has 2 atom stereocenters. The fourth-order valence-corrected chi connectivity index (χ4v) is 3.52. The molecule has 1 aliphatic heterocycles. The van der Waals surface area contributed by atoms with Gasteiger partial charge in [0.25, 0.3) is 0 Å². The molecule has 1 N–H and O–H groups in total. The lowest BCUT2D eigenvalue weighted by molar-refractivity contribution is 0.126. The molecule has 0 bridgehead atoms. The SMILES string of the molecule is COc1ccc(OCC(CO)C2CCSC2)cc1. The van der Waals surface area contributed by atoms with Crippen molar-refractivity contribution >= 4 is 11.8 Å². The van der Waals surface area contributed by atoms with E-state index in [1.807, 2.05) is 36.0 Å². The number of aliphatic hydroxyl groups is 1. The van der Waals surface area contributed by atoms with E-state index < -0.39 is 0 Å². The molecule has 0 amide bonds. The summed E-state index contributed by atoms with van der Waals surface area (Å²) in [6, 6.07) is 7.57. The van der Waals surface area contributed by atoms with Crippen molar-refractivity contribution in [3.8, 4) is 11.5 Å². The lowest BCUT2D eigenvalue weighted by atomic mass is 9.93. The molecular weight excluding hydrogens is 248 g/mol. The van der Waals surface area contributed by atoms with Gasteiger partial charge in [-0.1, -0.05) is 0 Å². The van der Waals surface area contributed by atoms with E-state index in [9.17, 15) is 5.11 Å². The van der Waals surface area contributed by atoms with E-state index >= 15 is 0 Å². The average Bonchev–Trinajstić information content (AvgIpc) is 2.94. The normalized spacial score (nSPS) is 20.7. The van der Waals surface area contributed by atoms with Crippen molar-refractivity contribution in [3.05, 3.63) is 24.3 Å². The van der Waals surface area contributed by atoms with E-state index in [-0.39, 0.29) is 12.5 Å². The highest BCUT2D eigenvalue weighted by atomic mass is 32.2. The van der Waals surface area contributed by atoms with Crippen molar-refractivity contribution in [2.24, 2.45) is 11.8 Å². The van der Waals surface area contributed by atoms with Gasteiger partial charge in [-0.05, 0) is 48.1 Å². The zero-order valence-electron chi connectivity index (χ0n) is 10.7. The minimum absolute atomic E-state index is 0.210. The maximum atomic E-state index is 9.44. The molecule has 1 aliphatic rings. The predicted molar refractivity (Wildman–Crippen MR) is 74.5 cm³/mol. The molecule has 1 aromatic rings. The van der Waals surface area contributed by atoms with Gasteiger partial charge in [0.15, 0.2) is 0 Å². The van der Waals surface area contributed by atoms with Gasteiger partial charge in [-0.15, -0.1) is 0 Å². The van der Waals surface area contributed by atoms with Crippen LogP contribution in [0.15, 0.2) is 24.3 Å². The lowest BCUT2D eigenvalue weighted by Crippen LogP contribution is -2.25. The minimum Gasteiger partial charge on any atom is -0.497 e. The van der Waals surface area contributed by atoms with Crippen molar-refractivity contribution in [3.63, 3.8) is 0 Å². The summed E-state index contributed by atoms with van der Waals surface area (Å²) in [6.07, 6.45) is 1.20. The molecule has 2 rings (SSSR count). The number of thioether (sulfide) groups is 1. The van der Waals surface area contributed by atoms with Crippen LogP contribution >= 0.6 is 11.8 Å². The first-order valence-electron chi connectivity index (χ1n) is 6.29. The van der Waals surface area contributed by atoms with Gasteiger partial charge in [0, 0.05) is 12.5 Å². The number of methoxy groups -OCH3 is 1. The Balaban J connectivity index is 1.84. The molecule has 0 aliphatic carbocycles. The Morgan fingerprint density at radius 2 is 2.06 bits per heavy atom. The molecule has 18 heavy (non-hydrogen) atoms. The number of ether oxygens (including phenoxy) is 2. The van der Waals surface area contributed by atoms with Crippen LogP contribution in [-0.2, 0) is 0 Å². The van der Waals surface area contributed by atoms with Gasteiger partial charge in [-0.3, -0.25) is 0 Å². The van der Waals surface area contributed by atoms with Crippen LogP contribution in [0.1, 0.15) is 6.42 Å². The van der Waals surface area contributed by atoms with Crippen LogP contribution in [0.4, 0.5) is 0 Å². The first-order chi connectivity index (χ1) is 8.83. The second-order valence-corrected chi connectivity index (χ2v) is 5.70. The van der Waals surface area contributed by atoms with Gasteiger partial charge in [0.05, 0.1) is 13.7 Å². The zero-order chi connectivity index (χ0) is 12.8. The van der Waals surface area contributed by atoms with Crippen molar-refractivity contribution in [2.75, 3.05) is 31.8 Å². The summed E-state index contributed by atoms with van der Waals surface area (Å²) in [6.45, 7) is 0.801. The second-order valence-electron chi connectivity index (χ2n) is 4.55. The average molecular weight is 268 g/mol. The number of rotatable bonds is 6. The quantitative estimate of drug-likeness (QED) is 0.860. The number of hydrogen-bond donors (Lipinski definition) is 1. The van der Waals surface area contributed by atoms with Crippen molar-refractivity contribution < 1.29 is 14.6 Å². The Labute approximate surface area is 112 Å². The number of benzene rings is 1. The molecule has 4 heteroatoms. The van der Waals surface area contributed by atoms with Crippen LogP contribution in [0.5, 0.6) is 11.5 Å². The molecule has 2 unspecified atom stereocenters. The van der Waals surface area contributed by atoms with E-state index in [1.54, 1.807) is 7.11 Å². The van der Waals surface area contributed by atoms with Crippen molar-refractivity contribution in [2.45, 2.75) is 6.42 Å². The van der Waals surface area contributed by atoms with Crippen LogP contribution < -0.4 is 9.47 Å². The molecule has 100 valence electrons. The van der Waals surface area contributed by atoms with Gasteiger partial charge < -0.3 is 14.6 Å². The Hall–Kier alpha value is -0.870.